The highest BCUT2D eigenvalue weighted by molar-refractivity contribution is 7.22. The van der Waals surface area contributed by atoms with Crippen LogP contribution in [0, 0.1) is 0 Å². The van der Waals surface area contributed by atoms with Gasteiger partial charge in [-0.05, 0) is 43.4 Å². The lowest BCUT2D eigenvalue weighted by Gasteiger charge is -2.22. The van der Waals surface area contributed by atoms with E-state index in [1.54, 1.807) is 27.0 Å². The number of benzene rings is 1. The molecule has 0 radical (unpaired) electrons. The van der Waals surface area contributed by atoms with Gasteiger partial charge in [-0.25, -0.2) is 4.98 Å². The lowest BCUT2D eigenvalue weighted by atomic mass is 10.0. The zero-order chi connectivity index (χ0) is 19.7. The molecule has 0 unspecified atom stereocenters. The first-order valence-electron chi connectivity index (χ1n) is 9.93. The van der Waals surface area contributed by atoms with Crippen LogP contribution >= 0.6 is 11.3 Å². The number of hydrogen-bond donors (Lipinski definition) is 0. The van der Waals surface area contributed by atoms with E-state index in [9.17, 15) is 4.79 Å². The molecule has 1 fully saturated rings. The van der Waals surface area contributed by atoms with Crippen LogP contribution in [0.3, 0.4) is 0 Å². The van der Waals surface area contributed by atoms with Gasteiger partial charge < -0.3 is 4.74 Å². The monoisotopic (exact) mass is 398 g/mol. The van der Waals surface area contributed by atoms with E-state index in [1.807, 2.05) is 13.1 Å². The Morgan fingerprint density at radius 2 is 2.25 bits per heavy atom. The van der Waals surface area contributed by atoms with Crippen LogP contribution < -0.4 is 4.90 Å². The summed E-state index contributed by atoms with van der Waals surface area (Å²) in [4.78, 5) is 20.0. The number of carbonyl (C=O) groups excluding carboxylic acids is 1. The van der Waals surface area contributed by atoms with E-state index in [2.05, 4.69) is 37.1 Å². The van der Waals surface area contributed by atoms with E-state index in [0.29, 0.717) is 18.2 Å². The number of rotatable bonds is 6. The van der Waals surface area contributed by atoms with Gasteiger partial charge in [0.25, 0.3) is 5.91 Å². The van der Waals surface area contributed by atoms with Crippen molar-refractivity contribution in [2.24, 2.45) is 0 Å². The Morgan fingerprint density at radius 1 is 1.39 bits per heavy atom. The first-order chi connectivity index (χ1) is 13.6. The lowest BCUT2D eigenvalue weighted by molar-refractivity contribution is 0.0912. The van der Waals surface area contributed by atoms with Crippen LogP contribution in [0.1, 0.15) is 55.6 Å². The molecule has 3 heterocycles. The highest BCUT2D eigenvalue weighted by atomic mass is 32.1. The van der Waals surface area contributed by atoms with Gasteiger partial charge in [-0.15, -0.1) is 0 Å². The standard InChI is InChI=1S/C21H26N4O2S/c1-4-24-11-10-17(23-24)20(26)25(13-15-7-6-12-27-15)21-22-19-16(14(2)3)8-5-9-18(19)28-21/h5,8-11,14-15H,4,6-7,12-13H2,1-3H3/t15-/m1/s1. The quantitative estimate of drug-likeness (QED) is 0.615. The molecule has 1 amide bonds. The molecule has 1 saturated heterocycles. The number of fused-ring (bicyclic) bond motifs is 1. The lowest BCUT2D eigenvalue weighted by Crippen LogP contribution is -2.37. The summed E-state index contributed by atoms with van der Waals surface area (Å²) in [5, 5.41) is 5.13. The SMILES string of the molecule is CCn1ccc(C(=O)N(C[C@H]2CCCO2)c2nc3c(C(C)C)cccc3s2)n1. The number of hydrogen-bond acceptors (Lipinski definition) is 5. The maximum atomic E-state index is 13.3. The summed E-state index contributed by atoms with van der Waals surface area (Å²) in [6, 6.07) is 8.03. The van der Waals surface area contributed by atoms with Crippen molar-refractivity contribution in [3.8, 4) is 0 Å². The van der Waals surface area contributed by atoms with Gasteiger partial charge in [0.1, 0.15) is 0 Å². The molecular weight excluding hydrogens is 372 g/mol. The molecule has 0 bridgehead atoms. The van der Waals surface area contributed by atoms with Crippen molar-refractivity contribution in [1.82, 2.24) is 14.8 Å². The Bertz CT molecular complexity index is 972. The van der Waals surface area contributed by atoms with Crippen molar-refractivity contribution >= 4 is 32.6 Å². The summed E-state index contributed by atoms with van der Waals surface area (Å²) < 4.78 is 8.68. The van der Waals surface area contributed by atoms with Crippen LogP contribution in [0.5, 0.6) is 0 Å². The normalized spacial score (nSPS) is 16.9. The zero-order valence-electron chi connectivity index (χ0n) is 16.6. The van der Waals surface area contributed by atoms with Crippen LogP contribution in [0.25, 0.3) is 10.2 Å². The fourth-order valence-electron chi connectivity index (χ4n) is 3.57. The van der Waals surface area contributed by atoms with Crippen LogP contribution in [0.15, 0.2) is 30.5 Å². The molecule has 1 aliphatic rings. The van der Waals surface area contributed by atoms with E-state index in [-0.39, 0.29) is 12.0 Å². The van der Waals surface area contributed by atoms with Gasteiger partial charge in [0, 0.05) is 19.3 Å². The highest BCUT2D eigenvalue weighted by Crippen LogP contribution is 2.34. The van der Waals surface area contributed by atoms with Crippen molar-refractivity contribution in [2.45, 2.75) is 52.2 Å². The van der Waals surface area contributed by atoms with E-state index in [1.165, 1.54) is 5.56 Å². The molecule has 3 aromatic rings. The molecule has 1 aromatic carbocycles. The first-order valence-corrected chi connectivity index (χ1v) is 10.7. The number of aryl methyl sites for hydroxylation is 1. The highest BCUT2D eigenvalue weighted by Gasteiger charge is 2.28. The minimum atomic E-state index is -0.118. The van der Waals surface area contributed by atoms with Crippen molar-refractivity contribution in [2.75, 3.05) is 18.1 Å². The Labute approximate surface area is 169 Å². The van der Waals surface area contributed by atoms with Gasteiger partial charge in [0.2, 0.25) is 0 Å². The third kappa shape index (κ3) is 3.69. The predicted molar refractivity (Wildman–Crippen MR) is 112 cm³/mol. The molecule has 6 nitrogen and oxygen atoms in total. The smallest absolute Gasteiger partial charge is 0.280 e. The molecule has 7 heteroatoms. The van der Waals surface area contributed by atoms with Gasteiger partial charge >= 0.3 is 0 Å². The topological polar surface area (TPSA) is 60.2 Å². The van der Waals surface area contributed by atoms with Gasteiger partial charge in [-0.1, -0.05) is 37.3 Å². The molecule has 1 atom stereocenters. The molecule has 0 aliphatic carbocycles. The molecule has 148 valence electrons. The largest absolute Gasteiger partial charge is 0.376 e. The second-order valence-corrected chi connectivity index (χ2v) is 8.46. The average Bonchev–Trinajstić information content (AvgIpc) is 3.44. The summed E-state index contributed by atoms with van der Waals surface area (Å²) in [5.74, 6) is 0.258. The van der Waals surface area contributed by atoms with Crippen LogP contribution in [-0.2, 0) is 11.3 Å². The van der Waals surface area contributed by atoms with Crippen molar-refractivity contribution < 1.29 is 9.53 Å². The Kier molecular flexibility index (Phi) is 5.46. The summed E-state index contributed by atoms with van der Waals surface area (Å²) in [5.41, 5.74) is 2.64. The fourth-order valence-corrected chi connectivity index (χ4v) is 4.58. The minimum absolute atomic E-state index is 0.0498. The number of anilines is 1. The van der Waals surface area contributed by atoms with E-state index >= 15 is 0 Å². The Morgan fingerprint density at radius 3 is 2.93 bits per heavy atom. The zero-order valence-corrected chi connectivity index (χ0v) is 17.4. The molecule has 0 saturated carbocycles. The first kappa shape index (κ1) is 19.1. The van der Waals surface area contributed by atoms with Crippen molar-refractivity contribution in [3.63, 3.8) is 0 Å². The summed E-state index contributed by atoms with van der Waals surface area (Å²) >= 11 is 1.56. The van der Waals surface area contributed by atoms with Gasteiger partial charge in [0.05, 0.1) is 22.9 Å². The summed E-state index contributed by atoms with van der Waals surface area (Å²) in [6.45, 7) is 8.34. The third-order valence-corrected chi connectivity index (χ3v) is 6.17. The summed E-state index contributed by atoms with van der Waals surface area (Å²) in [7, 11) is 0. The fraction of sp³-hybridized carbons (Fsp3) is 0.476. The molecule has 1 aliphatic heterocycles. The van der Waals surface area contributed by atoms with Crippen LogP contribution in [0.2, 0.25) is 0 Å². The molecule has 0 N–H and O–H groups in total. The van der Waals surface area contributed by atoms with E-state index in [0.717, 1.165) is 41.3 Å². The molecular formula is C21H26N4O2S. The van der Waals surface area contributed by atoms with Crippen LogP contribution in [0.4, 0.5) is 5.13 Å². The average molecular weight is 399 g/mol. The minimum Gasteiger partial charge on any atom is -0.376 e. The van der Waals surface area contributed by atoms with Crippen molar-refractivity contribution in [3.05, 3.63) is 41.7 Å². The Hall–Kier alpha value is -2.25. The molecule has 0 spiro atoms. The van der Waals surface area contributed by atoms with E-state index < -0.39 is 0 Å². The number of ether oxygens (including phenoxy) is 1. The number of carbonyl (C=O) groups is 1. The van der Waals surface area contributed by atoms with Crippen molar-refractivity contribution in [1.29, 1.82) is 0 Å². The molecule has 2 aromatic heterocycles. The summed E-state index contributed by atoms with van der Waals surface area (Å²) in [6.07, 6.45) is 3.89. The number of aromatic nitrogens is 3. The molecule has 4 rings (SSSR count). The second kappa shape index (κ2) is 8.01. The van der Waals surface area contributed by atoms with Gasteiger partial charge in [-0.3, -0.25) is 14.4 Å². The predicted octanol–water partition coefficient (Wildman–Crippen LogP) is 4.46. The molecule has 28 heavy (non-hydrogen) atoms. The maximum Gasteiger partial charge on any atom is 0.280 e. The van der Waals surface area contributed by atoms with E-state index in [4.69, 9.17) is 9.72 Å². The number of amides is 1. The number of thiazole rings is 1. The third-order valence-electron chi connectivity index (χ3n) is 5.13. The maximum absolute atomic E-state index is 13.3. The number of para-hydroxylation sites is 1. The van der Waals surface area contributed by atoms with Gasteiger partial charge in [-0.2, -0.15) is 5.10 Å². The number of nitrogens with zero attached hydrogens (tertiary/aromatic N) is 4. The van der Waals surface area contributed by atoms with Gasteiger partial charge in [0.15, 0.2) is 10.8 Å². The second-order valence-electron chi connectivity index (χ2n) is 7.45. The Balaban J connectivity index is 1.73. The van der Waals surface area contributed by atoms with Crippen LogP contribution in [-0.4, -0.2) is 39.9 Å².